The van der Waals surface area contributed by atoms with Crippen molar-refractivity contribution in [1.82, 2.24) is 0 Å². The first kappa shape index (κ1) is 27.7. The molecule has 2 nitrogen and oxygen atoms in total. The summed E-state index contributed by atoms with van der Waals surface area (Å²) in [5.74, 6) is 0. The third-order valence-electron chi connectivity index (χ3n) is 5.58. The van der Waals surface area contributed by atoms with Crippen molar-refractivity contribution in [3.63, 3.8) is 0 Å². The van der Waals surface area contributed by atoms with Gasteiger partial charge in [0.25, 0.3) is 0 Å². The van der Waals surface area contributed by atoms with Crippen LogP contribution >= 0.6 is 11.8 Å². The van der Waals surface area contributed by atoms with Crippen LogP contribution in [0.5, 0.6) is 0 Å². The largest absolute Gasteiger partial charge is 0.416 e. The smallest absolute Gasteiger partial charge is 0.202 e. The van der Waals surface area contributed by atoms with Crippen LogP contribution in [-0.4, -0.2) is 40.6 Å². The Morgan fingerprint density at radius 2 is 0.815 bits per heavy atom. The molecule has 0 aliphatic carbocycles. The van der Waals surface area contributed by atoms with Gasteiger partial charge >= 0.3 is 0 Å². The maximum absolute atomic E-state index is 6.56. The van der Waals surface area contributed by atoms with Crippen LogP contribution < -0.4 is 0 Å². The van der Waals surface area contributed by atoms with E-state index in [4.69, 9.17) is 8.85 Å². The number of unbranched alkanes of at least 4 members (excludes halogenated alkanes) is 4. The van der Waals surface area contributed by atoms with Gasteiger partial charge in [0, 0.05) is 24.0 Å². The first-order chi connectivity index (χ1) is 13.1. The zero-order valence-corrected chi connectivity index (χ0v) is 22.4. The van der Waals surface area contributed by atoms with Crippen LogP contribution in [0.25, 0.3) is 0 Å². The predicted octanol–water partition coefficient (Wildman–Crippen LogP) is 7.96. The third kappa shape index (κ3) is 12.1. The molecular formula is C22H50O2SSi2. The minimum absolute atomic E-state index is 0.903. The molecule has 27 heavy (non-hydrogen) atoms. The van der Waals surface area contributed by atoms with Crippen molar-refractivity contribution in [3.05, 3.63) is 0 Å². The number of hydrogen-bond donors (Lipinski definition) is 0. The van der Waals surface area contributed by atoms with Crippen molar-refractivity contribution in [2.45, 2.75) is 117 Å². The Hall–Kier alpha value is 0.704. The molecule has 0 N–H and O–H groups in total. The van der Waals surface area contributed by atoms with Gasteiger partial charge < -0.3 is 8.85 Å². The number of rotatable bonds is 20. The molecule has 0 heterocycles. The lowest BCUT2D eigenvalue weighted by molar-refractivity contribution is 0.319. The van der Waals surface area contributed by atoms with Crippen molar-refractivity contribution >= 4 is 28.4 Å². The van der Waals surface area contributed by atoms with E-state index in [9.17, 15) is 0 Å². The van der Waals surface area contributed by atoms with E-state index in [1.807, 2.05) is 0 Å². The molecule has 0 bridgehead atoms. The summed E-state index contributed by atoms with van der Waals surface area (Å²) < 4.78 is 13.1. The minimum Gasteiger partial charge on any atom is -0.416 e. The maximum atomic E-state index is 6.56. The highest BCUT2D eigenvalue weighted by atomic mass is 32.2. The summed E-state index contributed by atoms with van der Waals surface area (Å²) in [5.41, 5.74) is 0. The average molecular weight is 435 g/mol. The monoisotopic (exact) mass is 434 g/mol. The van der Waals surface area contributed by atoms with Crippen LogP contribution in [-0.2, 0) is 8.85 Å². The van der Waals surface area contributed by atoms with E-state index >= 15 is 0 Å². The molecule has 0 fully saturated rings. The quantitative estimate of drug-likeness (QED) is 0.181. The van der Waals surface area contributed by atoms with E-state index in [1.165, 1.54) is 86.3 Å². The maximum Gasteiger partial charge on any atom is 0.202 e. The standard InChI is InChI=1S/C22H50O2SSi2/c1-7-13-17-26(23-11-5,18-14-8-2)21-25-22-27(24-12-6,19-15-9-3)20-16-10-4/h7-22H2,1-6H3. The summed E-state index contributed by atoms with van der Waals surface area (Å²) in [4.78, 5) is 0. The van der Waals surface area contributed by atoms with E-state index in [-0.39, 0.29) is 0 Å². The molecule has 0 aromatic carbocycles. The Balaban J connectivity index is 5.06. The highest BCUT2D eigenvalue weighted by Crippen LogP contribution is 2.32. The van der Waals surface area contributed by atoms with Gasteiger partial charge in [-0.1, -0.05) is 79.1 Å². The topological polar surface area (TPSA) is 18.5 Å². The zero-order chi connectivity index (χ0) is 20.4. The molecule has 0 amide bonds. The highest BCUT2D eigenvalue weighted by molar-refractivity contribution is 8.02. The van der Waals surface area contributed by atoms with E-state index in [2.05, 4.69) is 53.3 Å². The lowest BCUT2D eigenvalue weighted by Gasteiger charge is -2.34. The molecule has 0 rings (SSSR count). The van der Waals surface area contributed by atoms with Gasteiger partial charge in [0.2, 0.25) is 16.6 Å². The molecule has 5 heteroatoms. The Morgan fingerprint density at radius 3 is 1.04 bits per heavy atom. The molecule has 0 aromatic rings. The highest BCUT2D eigenvalue weighted by Gasteiger charge is 2.37. The SMILES string of the molecule is CCCC[Si](CCCC)(CSC[Si](CCCC)(CCCC)OCC)OCC. The van der Waals surface area contributed by atoms with Crippen molar-refractivity contribution in [3.8, 4) is 0 Å². The molecule has 0 unspecified atom stereocenters. The van der Waals surface area contributed by atoms with Gasteiger partial charge in [0.15, 0.2) is 0 Å². The molecule has 0 aliphatic heterocycles. The van der Waals surface area contributed by atoms with E-state index in [0.717, 1.165) is 13.2 Å². The van der Waals surface area contributed by atoms with Crippen molar-refractivity contribution in [1.29, 1.82) is 0 Å². The van der Waals surface area contributed by atoms with Crippen LogP contribution in [0.3, 0.4) is 0 Å². The summed E-state index contributed by atoms with van der Waals surface area (Å²) in [6.07, 6.45) is 10.6. The lowest BCUT2D eigenvalue weighted by atomic mass is 10.4. The van der Waals surface area contributed by atoms with Crippen molar-refractivity contribution in [2.24, 2.45) is 0 Å². The molecule has 0 atom stereocenters. The zero-order valence-electron chi connectivity index (χ0n) is 19.5. The first-order valence-corrected chi connectivity index (χ1v) is 18.1. The molecule has 164 valence electrons. The van der Waals surface area contributed by atoms with Gasteiger partial charge in [-0.05, 0) is 38.0 Å². The van der Waals surface area contributed by atoms with Crippen LogP contribution in [0.2, 0.25) is 24.2 Å². The summed E-state index contributed by atoms with van der Waals surface area (Å²) in [6, 6.07) is 5.43. The molecule has 0 aliphatic rings. The molecule has 0 saturated carbocycles. The Morgan fingerprint density at radius 1 is 0.519 bits per heavy atom. The fraction of sp³-hybridized carbons (Fsp3) is 1.00. The molecular weight excluding hydrogens is 384 g/mol. The van der Waals surface area contributed by atoms with E-state index in [1.54, 1.807) is 0 Å². The molecule has 0 saturated heterocycles. The number of thioether (sulfide) groups is 1. The fourth-order valence-electron chi connectivity index (χ4n) is 3.94. The van der Waals surface area contributed by atoms with Gasteiger partial charge in [0.05, 0.1) is 0 Å². The summed E-state index contributed by atoms with van der Waals surface area (Å²) in [7, 11) is -3.19. The van der Waals surface area contributed by atoms with E-state index < -0.39 is 16.6 Å². The predicted molar refractivity (Wildman–Crippen MR) is 131 cm³/mol. The Labute approximate surface area is 178 Å². The Bertz CT molecular complexity index is 283. The molecule has 0 spiro atoms. The normalized spacial score (nSPS) is 12.7. The summed E-state index contributed by atoms with van der Waals surface area (Å²) in [5, 5.41) is 2.59. The molecule has 0 radical (unpaired) electrons. The van der Waals surface area contributed by atoms with Gasteiger partial charge in [0.1, 0.15) is 0 Å². The second-order valence-electron chi connectivity index (χ2n) is 8.14. The second-order valence-corrected chi connectivity index (χ2v) is 18.2. The fourth-order valence-corrected chi connectivity index (χ4v) is 17.5. The van der Waals surface area contributed by atoms with Gasteiger partial charge in [-0.2, -0.15) is 11.8 Å². The van der Waals surface area contributed by atoms with Gasteiger partial charge in [-0.3, -0.25) is 0 Å². The molecule has 0 aromatic heterocycles. The van der Waals surface area contributed by atoms with Crippen LogP contribution in [0, 0.1) is 0 Å². The second kappa shape index (κ2) is 17.6. The first-order valence-electron chi connectivity index (χ1n) is 11.9. The summed E-state index contributed by atoms with van der Waals surface area (Å²) in [6.45, 7) is 15.5. The Kier molecular flexibility index (Phi) is 18.0. The summed E-state index contributed by atoms with van der Waals surface area (Å²) >= 11 is 2.22. The van der Waals surface area contributed by atoms with Gasteiger partial charge in [-0.15, -0.1) is 0 Å². The minimum atomic E-state index is -1.59. The van der Waals surface area contributed by atoms with Crippen LogP contribution in [0.15, 0.2) is 0 Å². The number of hydrogen-bond acceptors (Lipinski definition) is 3. The van der Waals surface area contributed by atoms with Crippen molar-refractivity contribution in [2.75, 3.05) is 24.0 Å². The average Bonchev–Trinajstić information content (AvgIpc) is 2.67. The van der Waals surface area contributed by atoms with Crippen LogP contribution in [0.4, 0.5) is 0 Å². The van der Waals surface area contributed by atoms with Crippen molar-refractivity contribution < 1.29 is 8.85 Å². The lowest BCUT2D eigenvalue weighted by Crippen LogP contribution is -2.45. The van der Waals surface area contributed by atoms with Gasteiger partial charge in [-0.25, -0.2) is 0 Å². The van der Waals surface area contributed by atoms with E-state index in [0.29, 0.717) is 0 Å². The third-order valence-corrected chi connectivity index (χ3v) is 18.3. The van der Waals surface area contributed by atoms with Crippen LogP contribution in [0.1, 0.15) is 92.9 Å².